The molecule has 2 atom stereocenters. The number of fused-ring (bicyclic) bond motifs is 1. The van der Waals surface area contributed by atoms with Gasteiger partial charge in [0, 0.05) is 18.7 Å². The first-order valence-corrected chi connectivity index (χ1v) is 7.80. The van der Waals surface area contributed by atoms with Crippen LogP contribution in [0.15, 0.2) is 12.1 Å². The van der Waals surface area contributed by atoms with Gasteiger partial charge in [-0.3, -0.25) is 0 Å². The normalized spacial score (nSPS) is 25.5. The summed E-state index contributed by atoms with van der Waals surface area (Å²) in [5.74, 6) is -0.118. The molecular weight excluding hydrogens is 271 g/mol. The molecule has 4 nitrogen and oxygen atoms in total. The molecule has 1 aromatic rings. The number of rotatable bonds is 3. The highest BCUT2D eigenvalue weighted by atomic mass is 19.1. The van der Waals surface area contributed by atoms with Gasteiger partial charge in [0.05, 0.1) is 36.7 Å². The van der Waals surface area contributed by atoms with Crippen molar-refractivity contribution >= 4 is 11.4 Å². The van der Waals surface area contributed by atoms with Crippen LogP contribution in [0.5, 0.6) is 5.75 Å². The lowest BCUT2D eigenvalue weighted by atomic mass is 9.89. The van der Waals surface area contributed by atoms with Gasteiger partial charge in [-0.1, -0.05) is 12.8 Å². The third-order valence-corrected chi connectivity index (χ3v) is 4.42. The zero-order chi connectivity index (χ0) is 14.8. The third kappa shape index (κ3) is 2.79. The molecule has 2 fully saturated rings. The molecule has 3 rings (SSSR count). The van der Waals surface area contributed by atoms with Crippen LogP contribution in [0.3, 0.4) is 0 Å². The summed E-state index contributed by atoms with van der Waals surface area (Å²) in [5.41, 5.74) is 7.41. The van der Waals surface area contributed by atoms with Crippen LogP contribution in [0.25, 0.3) is 0 Å². The van der Waals surface area contributed by atoms with E-state index in [1.807, 2.05) is 6.92 Å². The lowest BCUT2D eigenvalue weighted by Crippen LogP contribution is -2.53. The van der Waals surface area contributed by atoms with Crippen molar-refractivity contribution < 1.29 is 13.9 Å². The number of morpholine rings is 1. The SMILES string of the molecule is CCOc1cc(N2CCOC3CCCCC32)c(N)cc1F. The monoisotopic (exact) mass is 294 g/mol. The van der Waals surface area contributed by atoms with Crippen molar-refractivity contribution in [3.8, 4) is 5.75 Å². The Morgan fingerprint density at radius 2 is 2.19 bits per heavy atom. The average Bonchev–Trinajstić information content (AvgIpc) is 2.50. The van der Waals surface area contributed by atoms with Crippen molar-refractivity contribution in [2.45, 2.75) is 44.8 Å². The van der Waals surface area contributed by atoms with E-state index in [2.05, 4.69) is 4.90 Å². The van der Waals surface area contributed by atoms with Gasteiger partial charge in [-0.15, -0.1) is 0 Å². The lowest BCUT2D eigenvalue weighted by molar-refractivity contribution is -0.00864. The summed E-state index contributed by atoms with van der Waals surface area (Å²) in [7, 11) is 0. The van der Waals surface area contributed by atoms with Crippen LogP contribution in [0.4, 0.5) is 15.8 Å². The first-order valence-electron chi connectivity index (χ1n) is 7.80. The number of ether oxygens (including phenoxy) is 2. The molecule has 5 heteroatoms. The van der Waals surface area contributed by atoms with Crippen LogP contribution < -0.4 is 15.4 Å². The molecule has 116 valence electrons. The Labute approximate surface area is 125 Å². The second-order valence-corrected chi connectivity index (χ2v) is 5.73. The summed E-state index contributed by atoms with van der Waals surface area (Å²) < 4.78 is 25.1. The van der Waals surface area contributed by atoms with E-state index < -0.39 is 5.82 Å². The van der Waals surface area contributed by atoms with Crippen molar-refractivity contribution in [3.63, 3.8) is 0 Å². The molecular formula is C16H23FN2O2. The predicted octanol–water partition coefficient (Wildman–Crippen LogP) is 2.95. The highest BCUT2D eigenvalue weighted by Crippen LogP contribution is 2.37. The molecule has 1 saturated heterocycles. The number of nitrogen functional groups attached to an aromatic ring is 1. The number of hydrogen-bond donors (Lipinski definition) is 1. The standard InChI is InChI=1S/C16H23FN2O2/c1-2-20-16-10-14(12(18)9-11(16)17)19-7-8-21-15-6-4-3-5-13(15)19/h9-10,13,15H,2-8,18H2,1H3. The number of halogens is 1. The largest absolute Gasteiger partial charge is 0.491 e. The van der Waals surface area contributed by atoms with Gasteiger partial charge in [0.1, 0.15) is 0 Å². The van der Waals surface area contributed by atoms with Crippen LogP contribution in [0, 0.1) is 5.82 Å². The van der Waals surface area contributed by atoms with Gasteiger partial charge in [-0.2, -0.15) is 0 Å². The van der Waals surface area contributed by atoms with Crippen LogP contribution in [0.2, 0.25) is 0 Å². The maximum Gasteiger partial charge on any atom is 0.167 e. The van der Waals surface area contributed by atoms with Crippen molar-refractivity contribution in [2.75, 3.05) is 30.4 Å². The molecule has 0 radical (unpaired) electrons. The fraction of sp³-hybridized carbons (Fsp3) is 0.625. The first-order chi connectivity index (χ1) is 10.2. The van der Waals surface area contributed by atoms with Crippen molar-refractivity contribution in [1.29, 1.82) is 0 Å². The van der Waals surface area contributed by atoms with Gasteiger partial charge in [0.2, 0.25) is 0 Å². The van der Waals surface area contributed by atoms with E-state index in [-0.39, 0.29) is 11.9 Å². The van der Waals surface area contributed by atoms with Crippen LogP contribution in [-0.4, -0.2) is 31.9 Å². The van der Waals surface area contributed by atoms with Crippen molar-refractivity contribution in [2.24, 2.45) is 0 Å². The predicted molar refractivity (Wildman–Crippen MR) is 81.3 cm³/mol. The van der Waals surface area contributed by atoms with E-state index >= 15 is 0 Å². The number of anilines is 2. The van der Waals surface area contributed by atoms with Gasteiger partial charge in [-0.25, -0.2) is 4.39 Å². The van der Waals surface area contributed by atoms with Crippen LogP contribution in [0.1, 0.15) is 32.6 Å². The van der Waals surface area contributed by atoms with E-state index in [9.17, 15) is 4.39 Å². The molecule has 1 heterocycles. The van der Waals surface area contributed by atoms with Gasteiger partial charge in [0.15, 0.2) is 11.6 Å². The van der Waals surface area contributed by atoms with E-state index in [1.165, 1.54) is 18.9 Å². The summed E-state index contributed by atoms with van der Waals surface area (Å²) in [5, 5.41) is 0. The zero-order valence-corrected chi connectivity index (χ0v) is 12.5. The Hall–Kier alpha value is -1.49. The summed E-state index contributed by atoms with van der Waals surface area (Å²) in [6.45, 7) is 3.78. The smallest absolute Gasteiger partial charge is 0.167 e. The van der Waals surface area contributed by atoms with Gasteiger partial charge < -0.3 is 20.1 Å². The lowest BCUT2D eigenvalue weighted by Gasteiger charge is -2.45. The average molecular weight is 294 g/mol. The summed E-state index contributed by atoms with van der Waals surface area (Å²) in [4.78, 5) is 2.28. The molecule has 21 heavy (non-hydrogen) atoms. The first kappa shape index (κ1) is 14.4. The highest BCUT2D eigenvalue weighted by molar-refractivity contribution is 5.70. The molecule has 2 aliphatic rings. The van der Waals surface area contributed by atoms with E-state index in [0.717, 1.165) is 25.1 Å². The Morgan fingerprint density at radius 1 is 1.38 bits per heavy atom. The van der Waals surface area contributed by atoms with Crippen LogP contribution in [-0.2, 0) is 4.74 Å². The second-order valence-electron chi connectivity index (χ2n) is 5.73. The summed E-state index contributed by atoms with van der Waals surface area (Å²) in [6.07, 6.45) is 4.90. The molecule has 0 aromatic heterocycles. The summed E-state index contributed by atoms with van der Waals surface area (Å²) >= 11 is 0. The van der Waals surface area contributed by atoms with Gasteiger partial charge >= 0.3 is 0 Å². The molecule has 1 aromatic carbocycles. The second kappa shape index (κ2) is 6.10. The topological polar surface area (TPSA) is 47.7 Å². The molecule has 0 spiro atoms. The molecule has 1 aliphatic carbocycles. The van der Waals surface area contributed by atoms with Crippen LogP contribution >= 0.6 is 0 Å². The molecule has 2 N–H and O–H groups in total. The van der Waals surface area contributed by atoms with Crippen molar-refractivity contribution in [3.05, 3.63) is 17.9 Å². The highest BCUT2D eigenvalue weighted by Gasteiger charge is 2.35. The molecule has 0 amide bonds. The molecule has 2 unspecified atom stereocenters. The number of hydrogen-bond acceptors (Lipinski definition) is 4. The third-order valence-electron chi connectivity index (χ3n) is 4.42. The Morgan fingerprint density at radius 3 is 3.00 bits per heavy atom. The zero-order valence-electron chi connectivity index (χ0n) is 12.5. The Balaban J connectivity index is 1.92. The fourth-order valence-electron chi connectivity index (χ4n) is 3.47. The quantitative estimate of drug-likeness (QED) is 0.871. The minimum absolute atomic E-state index is 0.271. The van der Waals surface area contributed by atoms with E-state index in [4.69, 9.17) is 15.2 Å². The number of nitrogens with zero attached hydrogens (tertiary/aromatic N) is 1. The maximum absolute atomic E-state index is 13.9. The number of nitrogens with two attached hydrogens (primary N) is 1. The minimum Gasteiger partial charge on any atom is -0.491 e. The number of benzene rings is 1. The Kier molecular flexibility index (Phi) is 4.19. The fourth-order valence-corrected chi connectivity index (χ4v) is 3.47. The molecule has 1 saturated carbocycles. The minimum atomic E-state index is -0.397. The van der Waals surface area contributed by atoms with Gasteiger partial charge in [-0.05, 0) is 19.8 Å². The summed E-state index contributed by atoms with van der Waals surface area (Å²) in [6, 6.07) is 3.45. The van der Waals surface area contributed by atoms with E-state index in [0.29, 0.717) is 24.9 Å². The van der Waals surface area contributed by atoms with E-state index in [1.54, 1.807) is 6.07 Å². The molecule has 1 aliphatic heterocycles. The maximum atomic E-state index is 13.9. The Bertz CT molecular complexity index is 507. The van der Waals surface area contributed by atoms with Gasteiger partial charge in [0.25, 0.3) is 0 Å². The van der Waals surface area contributed by atoms with Crippen molar-refractivity contribution in [1.82, 2.24) is 0 Å². The molecule has 0 bridgehead atoms.